The number of hydrogen-bond donors (Lipinski definition) is 2. The van der Waals surface area contributed by atoms with Crippen molar-refractivity contribution in [1.29, 1.82) is 0 Å². The number of aliphatic carboxylic acids is 1. The van der Waals surface area contributed by atoms with E-state index in [0.717, 1.165) is 4.90 Å². The van der Waals surface area contributed by atoms with Crippen LogP contribution in [0.2, 0.25) is 0 Å². The van der Waals surface area contributed by atoms with Gasteiger partial charge in [-0.15, -0.1) is 0 Å². The average Bonchev–Trinajstić information content (AvgIpc) is 2.49. The fourth-order valence-corrected chi connectivity index (χ4v) is 2.01. The SMILES string of the molecule is CNC(=O)C1COCCN1C(=O)N(CCOC)CC(=O)O. The number of carbonyl (C=O) groups is 3. The molecule has 0 aromatic carbocycles. The van der Waals surface area contributed by atoms with Crippen molar-refractivity contribution in [2.75, 3.05) is 53.6 Å². The number of amides is 3. The Morgan fingerprint density at radius 2 is 2.19 bits per heavy atom. The molecule has 120 valence electrons. The fraction of sp³-hybridized carbons (Fsp3) is 0.750. The van der Waals surface area contributed by atoms with E-state index >= 15 is 0 Å². The number of ether oxygens (including phenoxy) is 2. The Kier molecular flexibility index (Phi) is 6.89. The first-order valence-electron chi connectivity index (χ1n) is 6.56. The van der Waals surface area contributed by atoms with Gasteiger partial charge in [0.25, 0.3) is 0 Å². The van der Waals surface area contributed by atoms with Crippen molar-refractivity contribution in [3.63, 3.8) is 0 Å². The Balaban J connectivity index is 2.82. The minimum Gasteiger partial charge on any atom is -0.480 e. The average molecular weight is 303 g/mol. The predicted octanol–water partition coefficient (Wildman–Crippen LogP) is -1.41. The lowest BCUT2D eigenvalue weighted by Crippen LogP contribution is -2.59. The molecule has 2 N–H and O–H groups in total. The van der Waals surface area contributed by atoms with Gasteiger partial charge in [0.05, 0.1) is 19.8 Å². The third-order valence-corrected chi connectivity index (χ3v) is 3.09. The highest BCUT2D eigenvalue weighted by molar-refractivity contribution is 5.88. The highest BCUT2D eigenvalue weighted by Crippen LogP contribution is 2.11. The normalized spacial score (nSPS) is 18.2. The maximum Gasteiger partial charge on any atom is 0.323 e. The Bertz CT molecular complexity index is 389. The molecule has 0 bridgehead atoms. The Labute approximate surface area is 122 Å². The molecule has 21 heavy (non-hydrogen) atoms. The first-order chi connectivity index (χ1) is 10.0. The van der Waals surface area contributed by atoms with Gasteiger partial charge in [0.2, 0.25) is 5.91 Å². The number of urea groups is 1. The summed E-state index contributed by atoms with van der Waals surface area (Å²) >= 11 is 0. The molecular formula is C12H21N3O6. The van der Waals surface area contributed by atoms with Crippen molar-refractivity contribution < 1.29 is 29.0 Å². The molecule has 0 radical (unpaired) electrons. The predicted molar refractivity (Wildman–Crippen MR) is 71.9 cm³/mol. The molecule has 0 aromatic rings. The third kappa shape index (κ3) is 4.87. The van der Waals surface area contributed by atoms with E-state index in [1.165, 1.54) is 19.1 Å². The quantitative estimate of drug-likeness (QED) is 0.624. The van der Waals surface area contributed by atoms with E-state index in [4.69, 9.17) is 14.6 Å². The zero-order valence-electron chi connectivity index (χ0n) is 12.2. The number of morpholine rings is 1. The molecule has 1 rings (SSSR count). The van der Waals surface area contributed by atoms with E-state index in [1.54, 1.807) is 0 Å². The van der Waals surface area contributed by atoms with Crippen LogP contribution < -0.4 is 5.32 Å². The van der Waals surface area contributed by atoms with Crippen LogP contribution >= 0.6 is 0 Å². The molecular weight excluding hydrogens is 282 g/mol. The van der Waals surface area contributed by atoms with E-state index < -0.39 is 24.6 Å². The molecule has 0 saturated carbocycles. The summed E-state index contributed by atoms with van der Waals surface area (Å²) in [7, 11) is 2.94. The topological polar surface area (TPSA) is 108 Å². The first kappa shape index (κ1) is 17.2. The molecule has 1 fully saturated rings. The van der Waals surface area contributed by atoms with Crippen molar-refractivity contribution in [3.05, 3.63) is 0 Å². The Hall–Kier alpha value is -1.87. The number of nitrogens with zero attached hydrogens (tertiary/aromatic N) is 2. The molecule has 1 aliphatic rings. The molecule has 0 aromatic heterocycles. The van der Waals surface area contributed by atoms with Crippen LogP contribution in [0.5, 0.6) is 0 Å². The minimum absolute atomic E-state index is 0.0939. The van der Waals surface area contributed by atoms with E-state index in [2.05, 4.69) is 5.32 Å². The smallest absolute Gasteiger partial charge is 0.323 e. The van der Waals surface area contributed by atoms with E-state index in [-0.39, 0.29) is 32.2 Å². The molecule has 9 nitrogen and oxygen atoms in total. The fourth-order valence-electron chi connectivity index (χ4n) is 2.01. The van der Waals surface area contributed by atoms with Crippen molar-refractivity contribution >= 4 is 17.9 Å². The number of carboxylic acids is 1. The van der Waals surface area contributed by atoms with Gasteiger partial charge in [-0.2, -0.15) is 0 Å². The van der Waals surface area contributed by atoms with Gasteiger partial charge in [0.15, 0.2) is 0 Å². The second kappa shape index (κ2) is 8.42. The zero-order valence-corrected chi connectivity index (χ0v) is 12.2. The number of carbonyl (C=O) groups excluding carboxylic acids is 2. The van der Waals surface area contributed by atoms with Crippen LogP contribution in [0.3, 0.4) is 0 Å². The molecule has 1 aliphatic heterocycles. The van der Waals surface area contributed by atoms with Gasteiger partial charge >= 0.3 is 12.0 Å². The molecule has 0 spiro atoms. The number of methoxy groups -OCH3 is 1. The standard InChI is InChI=1S/C12H21N3O6/c1-13-11(18)9-8-21-6-4-15(9)12(19)14(3-5-20-2)7-10(16)17/h9H,3-8H2,1-2H3,(H,13,18)(H,16,17). The highest BCUT2D eigenvalue weighted by Gasteiger charge is 2.35. The first-order valence-corrected chi connectivity index (χ1v) is 6.56. The number of carboxylic acid groups (broad SMARTS) is 1. The van der Waals surface area contributed by atoms with Crippen molar-refractivity contribution in [2.45, 2.75) is 6.04 Å². The van der Waals surface area contributed by atoms with Crippen molar-refractivity contribution in [1.82, 2.24) is 15.1 Å². The summed E-state index contributed by atoms with van der Waals surface area (Å²) in [6, 6.07) is -1.26. The molecule has 1 atom stereocenters. The van der Waals surface area contributed by atoms with Crippen molar-refractivity contribution in [3.8, 4) is 0 Å². The summed E-state index contributed by atoms with van der Waals surface area (Å²) in [5.41, 5.74) is 0. The molecule has 9 heteroatoms. The Morgan fingerprint density at radius 1 is 1.48 bits per heavy atom. The molecule has 1 unspecified atom stereocenters. The lowest BCUT2D eigenvalue weighted by atomic mass is 10.2. The van der Waals surface area contributed by atoms with Gasteiger partial charge in [-0.1, -0.05) is 0 Å². The van der Waals surface area contributed by atoms with Crippen LogP contribution in [0.25, 0.3) is 0 Å². The third-order valence-electron chi connectivity index (χ3n) is 3.09. The van der Waals surface area contributed by atoms with Gasteiger partial charge in [-0.05, 0) is 0 Å². The number of hydrogen-bond acceptors (Lipinski definition) is 5. The summed E-state index contributed by atoms with van der Waals surface area (Å²) in [5, 5.41) is 11.4. The molecule has 1 saturated heterocycles. The summed E-state index contributed by atoms with van der Waals surface area (Å²) in [4.78, 5) is 37.6. The van der Waals surface area contributed by atoms with Gasteiger partial charge in [0, 0.05) is 27.2 Å². The van der Waals surface area contributed by atoms with Crippen LogP contribution in [0.15, 0.2) is 0 Å². The summed E-state index contributed by atoms with van der Waals surface area (Å²) in [6.07, 6.45) is 0. The maximum absolute atomic E-state index is 12.5. The largest absolute Gasteiger partial charge is 0.480 e. The highest BCUT2D eigenvalue weighted by atomic mass is 16.5. The van der Waals surface area contributed by atoms with Gasteiger partial charge in [-0.3, -0.25) is 9.59 Å². The lowest BCUT2D eigenvalue weighted by Gasteiger charge is -2.37. The van der Waals surface area contributed by atoms with E-state index in [9.17, 15) is 14.4 Å². The summed E-state index contributed by atoms with van der Waals surface area (Å²) in [5.74, 6) is -1.46. The van der Waals surface area contributed by atoms with Gasteiger partial charge in [0.1, 0.15) is 12.6 Å². The Morgan fingerprint density at radius 3 is 2.76 bits per heavy atom. The summed E-state index contributed by atoms with van der Waals surface area (Å²) in [6.45, 7) is 0.550. The van der Waals surface area contributed by atoms with Crippen LogP contribution in [0.1, 0.15) is 0 Å². The molecule has 0 aliphatic carbocycles. The molecule has 3 amide bonds. The minimum atomic E-state index is -1.12. The maximum atomic E-state index is 12.5. The second-order valence-corrected chi connectivity index (χ2v) is 4.49. The monoisotopic (exact) mass is 303 g/mol. The van der Waals surface area contributed by atoms with Gasteiger partial charge in [-0.25, -0.2) is 4.79 Å². The van der Waals surface area contributed by atoms with E-state index in [0.29, 0.717) is 6.61 Å². The van der Waals surface area contributed by atoms with Crippen molar-refractivity contribution in [2.24, 2.45) is 0 Å². The summed E-state index contributed by atoms with van der Waals surface area (Å²) < 4.78 is 10.1. The lowest BCUT2D eigenvalue weighted by molar-refractivity contribution is -0.138. The molecule has 1 heterocycles. The second-order valence-electron chi connectivity index (χ2n) is 4.49. The number of likely N-dealkylation sites (N-methyl/N-ethyl adjacent to an activating group) is 1. The zero-order chi connectivity index (χ0) is 15.8. The van der Waals surface area contributed by atoms with Crippen LogP contribution in [-0.2, 0) is 19.1 Å². The van der Waals surface area contributed by atoms with E-state index in [1.807, 2.05) is 0 Å². The number of rotatable bonds is 6. The van der Waals surface area contributed by atoms with Crippen LogP contribution in [0, 0.1) is 0 Å². The van der Waals surface area contributed by atoms with Crippen LogP contribution in [-0.4, -0.2) is 92.5 Å². The number of nitrogens with one attached hydrogen (secondary N) is 1. The van der Waals surface area contributed by atoms with Gasteiger partial charge < -0.3 is 29.7 Å². The van der Waals surface area contributed by atoms with Crippen LogP contribution in [0.4, 0.5) is 4.79 Å².